The first-order chi connectivity index (χ1) is 9.63. The molecule has 1 aliphatic rings. The lowest BCUT2D eigenvalue weighted by atomic mass is 10.1. The van der Waals surface area contributed by atoms with Crippen LogP contribution in [0.5, 0.6) is 0 Å². The molecule has 0 heterocycles. The van der Waals surface area contributed by atoms with Crippen LogP contribution in [0.15, 0.2) is 18.2 Å². The van der Waals surface area contributed by atoms with Crippen molar-refractivity contribution in [3.05, 3.63) is 33.9 Å². The van der Waals surface area contributed by atoms with E-state index in [0.29, 0.717) is 0 Å². The Labute approximate surface area is 120 Å². The molecule has 0 spiro atoms. The number of anilines is 1. The molecule has 0 unspecified atom stereocenters. The Morgan fingerprint density at radius 3 is 2.70 bits per heavy atom. The Balaban J connectivity index is 2.16. The van der Waals surface area contributed by atoms with Gasteiger partial charge in [-0.3, -0.25) is 15.0 Å². The highest BCUT2D eigenvalue weighted by molar-refractivity contribution is 5.56. The van der Waals surface area contributed by atoms with E-state index in [2.05, 4.69) is 17.1 Å². The van der Waals surface area contributed by atoms with E-state index >= 15 is 0 Å². The van der Waals surface area contributed by atoms with Crippen LogP contribution in [0.2, 0.25) is 0 Å². The average molecular weight is 277 g/mol. The Kier molecular flexibility index (Phi) is 4.95. The van der Waals surface area contributed by atoms with Gasteiger partial charge in [0.05, 0.1) is 4.92 Å². The molecule has 5 heteroatoms. The molecule has 110 valence electrons. The maximum atomic E-state index is 10.9. The van der Waals surface area contributed by atoms with Crippen LogP contribution < -0.4 is 5.32 Å². The smallest absolute Gasteiger partial charge is 0.269 e. The van der Waals surface area contributed by atoms with Crippen molar-refractivity contribution in [2.75, 3.05) is 25.0 Å². The first-order valence-electron chi connectivity index (χ1n) is 7.37. The zero-order chi connectivity index (χ0) is 14.5. The topological polar surface area (TPSA) is 58.4 Å². The fourth-order valence-corrected chi connectivity index (χ4v) is 2.40. The molecule has 0 bridgehead atoms. The minimum absolute atomic E-state index is 0.170. The van der Waals surface area contributed by atoms with Gasteiger partial charge in [0.25, 0.3) is 5.69 Å². The molecular formula is C15H23N3O2. The van der Waals surface area contributed by atoms with Gasteiger partial charge in [0.15, 0.2) is 0 Å². The maximum Gasteiger partial charge on any atom is 0.269 e. The van der Waals surface area contributed by atoms with Crippen LogP contribution in [-0.2, 0) is 6.54 Å². The lowest BCUT2D eigenvalue weighted by Gasteiger charge is -2.22. The molecule has 0 aromatic heterocycles. The van der Waals surface area contributed by atoms with E-state index in [1.54, 1.807) is 12.1 Å². The van der Waals surface area contributed by atoms with Crippen molar-refractivity contribution < 1.29 is 4.92 Å². The molecule has 5 nitrogen and oxygen atoms in total. The fraction of sp³-hybridized carbons (Fsp3) is 0.600. The van der Waals surface area contributed by atoms with E-state index < -0.39 is 0 Å². The van der Waals surface area contributed by atoms with Gasteiger partial charge in [-0.2, -0.15) is 0 Å². The number of hydrogen-bond acceptors (Lipinski definition) is 4. The maximum absolute atomic E-state index is 10.9. The zero-order valence-electron chi connectivity index (χ0n) is 12.3. The Morgan fingerprint density at radius 2 is 2.15 bits per heavy atom. The predicted octanol–water partition coefficient (Wildman–Crippen LogP) is 3.26. The van der Waals surface area contributed by atoms with Gasteiger partial charge >= 0.3 is 0 Å². The van der Waals surface area contributed by atoms with Crippen LogP contribution in [-0.4, -0.2) is 29.5 Å². The molecule has 0 radical (unpaired) electrons. The molecule has 1 aliphatic carbocycles. The zero-order valence-corrected chi connectivity index (χ0v) is 12.3. The number of nitro groups is 1. The molecule has 1 fully saturated rings. The third kappa shape index (κ3) is 3.93. The summed E-state index contributed by atoms with van der Waals surface area (Å²) < 4.78 is 0. The SMILES string of the molecule is CCNc1ccc([N+](=O)[O-])cc1CN(CC)CC1CC1. The standard InChI is InChI=1S/C15H23N3O2/c1-3-16-15-8-7-14(18(19)20)9-13(15)11-17(4-2)10-12-5-6-12/h7-9,12,16H,3-6,10-11H2,1-2H3. The van der Waals surface area contributed by atoms with Crippen molar-refractivity contribution in [3.8, 4) is 0 Å². The van der Waals surface area contributed by atoms with Crippen molar-refractivity contribution in [1.82, 2.24) is 4.90 Å². The van der Waals surface area contributed by atoms with Gasteiger partial charge in [-0.05, 0) is 43.9 Å². The highest BCUT2D eigenvalue weighted by Crippen LogP contribution is 2.31. The van der Waals surface area contributed by atoms with Gasteiger partial charge in [0, 0.05) is 37.5 Å². The predicted molar refractivity (Wildman–Crippen MR) is 80.9 cm³/mol. The number of rotatable bonds is 8. The fourth-order valence-electron chi connectivity index (χ4n) is 2.40. The molecule has 0 aliphatic heterocycles. The summed E-state index contributed by atoms with van der Waals surface area (Å²) in [6.07, 6.45) is 2.65. The summed E-state index contributed by atoms with van der Waals surface area (Å²) >= 11 is 0. The van der Waals surface area contributed by atoms with Crippen molar-refractivity contribution >= 4 is 11.4 Å². The third-order valence-electron chi connectivity index (χ3n) is 3.72. The van der Waals surface area contributed by atoms with E-state index in [1.165, 1.54) is 12.8 Å². The van der Waals surface area contributed by atoms with Gasteiger partial charge < -0.3 is 5.32 Å². The minimum Gasteiger partial charge on any atom is -0.385 e. The molecule has 2 rings (SSSR count). The van der Waals surface area contributed by atoms with Crippen molar-refractivity contribution in [3.63, 3.8) is 0 Å². The second-order valence-electron chi connectivity index (χ2n) is 5.40. The second-order valence-corrected chi connectivity index (χ2v) is 5.40. The lowest BCUT2D eigenvalue weighted by molar-refractivity contribution is -0.384. The van der Waals surface area contributed by atoms with Crippen molar-refractivity contribution in [2.45, 2.75) is 33.2 Å². The first kappa shape index (κ1) is 14.8. The first-order valence-corrected chi connectivity index (χ1v) is 7.37. The monoisotopic (exact) mass is 277 g/mol. The van der Waals surface area contributed by atoms with Crippen LogP contribution in [0.1, 0.15) is 32.3 Å². The van der Waals surface area contributed by atoms with Gasteiger partial charge in [0.2, 0.25) is 0 Å². The van der Waals surface area contributed by atoms with E-state index in [-0.39, 0.29) is 10.6 Å². The summed E-state index contributed by atoms with van der Waals surface area (Å²) in [7, 11) is 0. The largest absolute Gasteiger partial charge is 0.385 e. The van der Waals surface area contributed by atoms with E-state index in [0.717, 1.165) is 43.3 Å². The molecule has 1 N–H and O–H groups in total. The molecule has 1 saturated carbocycles. The average Bonchev–Trinajstić information content (AvgIpc) is 3.23. The Morgan fingerprint density at radius 1 is 1.40 bits per heavy atom. The summed E-state index contributed by atoms with van der Waals surface area (Å²) in [6.45, 7) is 7.85. The van der Waals surface area contributed by atoms with Crippen LogP contribution >= 0.6 is 0 Å². The molecule has 20 heavy (non-hydrogen) atoms. The number of hydrogen-bond donors (Lipinski definition) is 1. The summed E-state index contributed by atoms with van der Waals surface area (Å²) in [5, 5.41) is 14.2. The van der Waals surface area contributed by atoms with Crippen LogP contribution in [0, 0.1) is 16.0 Å². The molecule has 0 saturated heterocycles. The molecular weight excluding hydrogens is 254 g/mol. The van der Waals surface area contributed by atoms with Gasteiger partial charge in [0.1, 0.15) is 0 Å². The van der Waals surface area contributed by atoms with Gasteiger partial charge in [-0.25, -0.2) is 0 Å². The van der Waals surface area contributed by atoms with Gasteiger partial charge in [-0.15, -0.1) is 0 Å². The number of nitrogens with zero attached hydrogens (tertiary/aromatic N) is 2. The molecule has 1 aromatic carbocycles. The number of benzene rings is 1. The van der Waals surface area contributed by atoms with Crippen LogP contribution in [0.25, 0.3) is 0 Å². The minimum atomic E-state index is -0.323. The lowest BCUT2D eigenvalue weighted by Crippen LogP contribution is -2.25. The summed E-state index contributed by atoms with van der Waals surface area (Å²) in [5.74, 6) is 0.830. The molecule has 0 amide bonds. The Hall–Kier alpha value is -1.62. The Bertz CT molecular complexity index is 472. The highest BCUT2D eigenvalue weighted by Gasteiger charge is 2.24. The van der Waals surface area contributed by atoms with Crippen molar-refractivity contribution in [1.29, 1.82) is 0 Å². The number of non-ortho nitro benzene ring substituents is 1. The van der Waals surface area contributed by atoms with Gasteiger partial charge in [-0.1, -0.05) is 6.92 Å². The normalized spacial score (nSPS) is 14.6. The van der Waals surface area contributed by atoms with Crippen LogP contribution in [0.3, 0.4) is 0 Å². The third-order valence-corrected chi connectivity index (χ3v) is 3.72. The summed E-state index contributed by atoms with van der Waals surface area (Å²) in [4.78, 5) is 13.0. The summed E-state index contributed by atoms with van der Waals surface area (Å²) in [6, 6.07) is 5.09. The van der Waals surface area contributed by atoms with Crippen molar-refractivity contribution in [2.24, 2.45) is 5.92 Å². The second kappa shape index (κ2) is 6.70. The molecule has 0 atom stereocenters. The van der Waals surface area contributed by atoms with E-state index in [4.69, 9.17) is 0 Å². The number of nitro benzene ring substituents is 1. The summed E-state index contributed by atoms with van der Waals surface area (Å²) in [5.41, 5.74) is 2.19. The van der Waals surface area contributed by atoms with Crippen LogP contribution in [0.4, 0.5) is 11.4 Å². The molecule has 1 aromatic rings. The number of nitrogens with one attached hydrogen (secondary N) is 1. The van der Waals surface area contributed by atoms with E-state index in [9.17, 15) is 10.1 Å². The van der Waals surface area contributed by atoms with E-state index in [1.807, 2.05) is 13.0 Å². The quantitative estimate of drug-likeness (QED) is 0.585. The highest BCUT2D eigenvalue weighted by atomic mass is 16.6.